The second-order valence-corrected chi connectivity index (χ2v) is 6.72. The molecule has 1 aliphatic rings. The molecule has 0 spiro atoms. The molecule has 1 aromatic carbocycles. The summed E-state index contributed by atoms with van der Waals surface area (Å²) in [5.74, 6) is 0.516. The maximum absolute atomic E-state index is 12.0. The van der Waals surface area contributed by atoms with E-state index in [1.54, 1.807) is 18.2 Å². The van der Waals surface area contributed by atoms with Crippen LogP contribution in [0.25, 0.3) is 0 Å². The molecule has 0 aliphatic heterocycles. The highest BCUT2D eigenvalue weighted by Gasteiger charge is 2.38. The van der Waals surface area contributed by atoms with Gasteiger partial charge in [0, 0.05) is 10.5 Å². The molecule has 2 atom stereocenters. The summed E-state index contributed by atoms with van der Waals surface area (Å²) < 4.78 is 27.4. The highest BCUT2D eigenvalue weighted by molar-refractivity contribution is 9.10. The van der Waals surface area contributed by atoms with Gasteiger partial charge in [-0.25, -0.2) is 13.1 Å². The van der Waals surface area contributed by atoms with Crippen LogP contribution in [0, 0.1) is 5.92 Å². The van der Waals surface area contributed by atoms with Gasteiger partial charge in [0.15, 0.2) is 0 Å². The van der Waals surface area contributed by atoms with Gasteiger partial charge in [0.2, 0.25) is 10.0 Å². The van der Waals surface area contributed by atoms with Crippen molar-refractivity contribution >= 4 is 26.0 Å². The molecule has 2 unspecified atom stereocenters. The Balaban J connectivity index is 2.14. The first-order chi connectivity index (χ1) is 7.53. The van der Waals surface area contributed by atoms with Crippen molar-refractivity contribution < 1.29 is 8.42 Å². The van der Waals surface area contributed by atoms with Crippen molar-refractivity contribution in [2.45, 2.75) is 30.7 Å². The maximum atomic E-state index is 12.0. The minimum atomic E-state index is -3.34. The lowest BCUT2D eigenvalue weighted by Crippen LogP contribution is -2.27. The summed E-state index contributed by atoms with van der Waals surface area (Å²) in [4.78, 5) is 0.323. The third-order valence-electron chi connectivity index (χ3n) is 2.86. The zero-order chi connectivity index (χ0) is 11.8. The molecule has 0 amide bonds. The lowest BCUT2D eigenvalue weighted by Gasteiger charge is -2.06. The molecule has 1 fully saturated rings. The molecule has 0 bridgehead atoms. The zero-order valence-corrected chi connectivity index (χ0v) is 11.4. The molecule has 1 saturated carbocycles. The molecule has 0 aromatic heterocycles. The van der Waals surface area contributed by atoms with E-state index in [1.807, 2.05) is 6.07 Å². The van der Waals surface area contributed by atoms with E-state index in [4.69, 9.17) is 0 Å². The predicted octanol–water partition coefficient (Wildman–Crippen LogP) is 2.53. The summed E-state index contributed by atoms with van der Waals surface area (Å²) in [5, 5.41) is 0. The third kappa shape index (κ3) is 2.64. The van der Waals surface area contributed by atoms with Crippen molar-refractivity contribution in [3.05, 3.63) is 28.7 Å². The van der Waals surface area contributed by atoms with Crippen molar-refractivity contribution in [3.63, 3.8) is 0 Å². The van der Waals surface area contributed by atoms with Crippen molar-refractivity contribution in [1.82, 2.24) is 4.72 Å². The average molecular weight is 304 g/mol. The smallest absolute Gasteiger partial charge is 0.208 e. The van der Waals surface area contributed by atoms with Crippen LogP contribution in [0.4, 0.5) is 0 Å². The van der Waals surface area contributed by atoms with E-state index in [0.717, 1.165) is 17.3 Å². The fourth-order valence-corrected chi connectivity index (χ4v) is 3.66. The number of hydrogen-bond acceptors (Lipinski definition) is 2. The number of nitrogens with one attached hydrogen (secondary N) is 1. The van der Waals surface area contributed by atoms with E-state index in [9.17, 15) is 8.42 Å². The van der Waals surface area contributed by atoms with E-state index in [-0.39, 0.29) is 6.04 Å². The van der Waals surface area contributed by atoms with Crippen LogP contribution in [-0.2, 0) is 10.0 Å². The van der Waals surface area contributed by atoms with Crippen LogP contribution in [-0.4, -0.2) is 14.5 Å². The summed E-state index contributed by atoms with van der Waals surface area (Å²) in [5.41, 5.74) is 0. The van der Waals surface area contributed by atoms with Gasteiger partial charge in [-0.2, -0.15) is 0 Å². The van der Waals surface area contributed by atoms with E-state index >= 15 is 0 Å². The normalized spacial score (nSPS) is 24.4. The summed E-state index contributed by atoms with van der Waals surface area (Å²) >= 11 is 3.27. The van der Waals surface area contributed by atoms with Crippen LogP contribution < -0.4 is 4.72 Å². The highest BCUT2D eigenvalue weighted by atomic mass is 79.9. The third-order valence-corrected chi connectivity index (χ3v) is 4.84. The molecule has 3 nitrogen and oxygen atoms in total. The van der Waals surface area contributed by atoms with E-state index in [0.29, 0.717) is 10.8 Å². The molecule has 0 heterocycles. The monoisotopic (exact) mass is 303 g/mol. The van der Waals surface area contributed by atoms with Gasteiger partial charge in [-0.05, 0) is 30.5 Å². The summed E-state index contributed by atoms with van der Waals surface area (Å²) in [6, 6.07) is 6.89. The van der Waals surface area contributed by atoms with Gasteiger partial charge >= 0.3 is 0 Å². The lowest BCUT2D eigenvalue weighted by atomic mass is 10.3. The van der Waals surface area contributed by atoms with E-state index < -0.39 is 10.0 Å². The summed E-state index contributed by atoms with van der Waals surface area (Å²) in [6.07, 6.45) is 2.00. The Morgan fingerprint density at radius 2 is 2.25 bits per heavy atom. The first-order valence-electron chi connectivity index (χ1n) is 5.31. The second kappa shape index (κ2) is 4.47. The number of rotatable bonds is 4. The van der Waals surface area contributed by atoms with Crippen LogP contribution in [0.5, 0.6) is 0 Å². The van der Waals surface area contributed by atoms with Crippen molar-refractivity contribution in [2.75, 3.05) is 0 Å². The zero-order valence-electron chi connectivity index (χ0n) is 8.98. The minimum absolute atomic E-state index is 0.133. The fraction of sp³-hybridized carbons (Fsp3) is 0.455. The van der Waals surface area contributed by atoms with Gasteiger partial charge in [0.1, 0.15) is 0 Å². The molecule has 5 heteroatoms. The average Bonchev–Trinajstić information content (AvgIpc) is 2.95. The largest absolute Gasteiger partial charge is 0.240 e. The van der Waals surface area contributed by atoms with Crippen molar-refractivity contribution in [1.29, 1.82) is 0 Å². The lowest BCUT2D eigenvalue weighted by molar-refractivity contribution is 0.576. The Bertz CT molecular complexity index is 487. The van der Waals surface area contributed by atoms with Gasteiger partial charge < -0.3 is 0 Å². The molecule has 16 heavy (non-hydrogen) atoms. The van der Waals surface area contributed by atoms with Gasteiger partial charge in [-0.1, -0.05) is 35.3 Å². The minimum Gasteiger partial charge on any atom is -0.208 e. The fourth-order valence-electron chi connectivity index (χ4n) is 1.74. The molecular formula is C11H14BrNO2S. The van der Waals surface area contributed by atoms with Crippen molar-refractivity contribution in [2.24, 2.45) is 5.92 Å². The highest BCUT2D eigenvalue weighted by Crippen LogP contribution is 2.34. The van der Waals surface area contributed by atoms with Crippen LogP contribution >= 0.6 is 15.9 Å². The van der Waals surface area contributed by atoms with Crippen LogP contribution in [0.1, 0.15) is 19.8 Å². The first kappa shape index (κ1) is 12.1. The van der Waals surface area contributed by atoms with Gasteiger partial charge in [0.05, 0.1) is 4.90 Å². The Labute approximate surface area is 104 Å². The molecule has 0 radical (unpaired) electrons. The Morgan fingerprint density at radius 1 is 1.50 bits per heavy atom. The van der Waals surface area contributed by atoms with Crippen LogP contribution in [0.15, 0.2) is 33.6 Å². The molecule has 1 aliphatic carbocycles. The molecular weight excluding hydrogens is 290 g/mol. The predicted molar refractivity (Wildman–Crippen MR) is 66.6 cm³/mol. The number of sulfonamides is 1. The Kier molecular flexibility index (Phi) is 3.37. The molecule has 1 N–H and O–H groups in total. The molecule has 0 saturated heterocycles. The summed E-state index contributed by atoms with van der Waals surface area (Å²) in [6.45, 7) is 2.08. The number of hydrogen-bond donors (Lipinski definition) is 1. The maximum Gasteiger partial charge on any atom is 0.240 e. The van der Waals surface area contributed by atoms with Crippen LogP contribution in [0.2, 0.25) is 0 Å². The topological polar surface area (TPSA) is 46.2 Å². The Hall–Kier alpha value is -0.390. The standard InChI is InChI=1S/C11H14BrNO2S/c1-2-8-6-11(8)13-16(14,15)10-5-3-4-9(12)7-10/h3-5,7-8,11,13H,2,6H2,1H3. The first-order valence-corrected chi connectivity index (χ1v) is 7.58. The molecule has 2 rings (SSSR count). The van der Waals surface area contributed by atoms with Gasteiger partial charge in [0.25, 0.3) is 0 Å². The van der Waals surface area contributed by atoms with Crippen molar-refractivity contribution in [3.8, 4) is 0 Å². The van der Waals surface area contributed by atoms with E-state index in [2.05, 4.69) is 27.6 Å². The number of benzene rings is 1. The molecule has 1 aromatic rings. The number of halogens is 1. The van der Waals surface area contributed by atoms with Crippen LogP contribution in [0.3, 0.4) is 0 Å². The quantitative estimate of drug-likeness (QED) is 0.929. The Morgan fingerprint density at radius 3 is 2.81 bits per heavy atom. The van der Waals surface area contributed by atoms with Gasteiger partial charge in [-0.3, -0.25) is 0 Å². The second-order valence-electron chi connectivity index (χ2n) is 4.09. The molecule has 88 valence electrons. The summed E-state index contributed by atoms with van der Waals surface area (Å²) in [7, 11) is -3.34. The van der Waals surface area contributed by atoms with E-state index in [1.165, 1.54) is 0 Å². The SMILES string of the molecule is CCC1CC1NS(=O)(=O)c1cccc(Br)c1. The van der Waals surface area contributed by atoms with Gasteiger partial charge in [-0.15, -0.1) is 0 Å².